The van der Waals surface area contributed by atoms with Gasteiger partial charge in [-0.05, 0) is 37.7 Å². The molecule has 138 valence electrons. The topological polar surface area (TPSA) is 92.2 Å². The van der Waals surface area contributed by atoms with Gasteiger partial charge in [0.05, 0.1) is 10.4 Å². The summed E-state index contributed by atoms with van der Waals surface area (Å²) in [5, 5.41) is 12.8. The summed E-state index contributed by atoms with van der Waals surface area (Å²) in [6, 6.07) is 1.66. The van der Waals surface area contributed by atoms with Crippen LogP contribution in [0.25, 0.3) is 0 Å². The Hall–Kier alpha value is -1.83. The van der Waals surface area contributed by atoms with Crippen LogP contribution >= 0.6 is 22.9 Å². The van der Waals surface area contributed by atoms with Crippen molar-refractivity contribution in [1.82, 2.24) is 9.97 Å². The molecule has 0 saturated heterocycles. The second-order valence-electron chi connectivity index (χ2n) is 6.70. The number of nitrogens with zero attached hydrogens (tertiary/aromatic N) is 2. The van der Waals surface area contributed by atoms with E-state index in [-0.39, 0.29) is 30.1 Å². The summed E-state index contributed by atoms with van der Waals surface area (Å²) in [6.07, 6.45) is 4.60. The molecule has 0 unspecified atom stereocenters. The number of carbonyl (C=O) groups excluding carboxylic acids is 2. The number of nitrogens with one attached hydrogen (secondary N) is 1. The smallest absolute Gasteiger partial charge is 0.208 e. The third kappa shape index (κ3) is 3.79. The van der Waals surface area contributed by atoms with E-state index in [1.165, 1.54) is 25.5 Å². The largest absolute Gasteiger partial charge is 0.396 e. The van der Waals surface area contributed by atoms with Crippen molar-refractivity contribution >= 4 is 40.3 Å². The van der Waals surface area contributed by atoms with Crippen LogP contribution in [0.2, 0.25) is 4.34 Å². The Morgan fingerprint density at radius 2 is 2.15 bits per heavy atom. The first-order valence-corrected chi connectivity index (χ1v) is 9.62. The van der Waals surface area contributed by atoms with Gasteiger partial charge in [-0.1, -0.05) is 18.5 Å². The monoisotopic (exact) mass is 393 g/mol. The summed E-state index contributed by atoms with van der Waals surface area (Å²) in [6.45, 7) is 3.70. The molecule has 1 saturated carbocycles. The molecule has 0 aliphatic heterocycles. The number of halogens is 1. The highest BCUT2D eigenvalue weighted by Crippen LogP contribution is 2.34. The van der Waals surface area contributed by atoms with Gasteiger partial charge >= 0.3 is 0 Å². The third-order valence-corrected chi connectivity index (χ3v) is 6.23. The van der Waals surface area contributed by atoms with Crippen molar-refractivity contribution in [2.24, 2.45) is 11.8 Å². The van der Waals surface area contributed by atoms with Crippen molar-refractivity contribution in [3.8, 4) is 0 Å². The van der Waals surface area contributed by atoms with Crippen LogP contribution < -0.4 is 5.32 Å². The number of hydrogen-bond acceptors (Lipinski definition) is 7. The normalized spacial score (nSPS) is 22.4. The molecule has 1 aliphatic carbocycles. The van der Waals surface area contributed by atoms with Crippen molar-refractivity contribution in [3.05, 3.63) is 38.9 Å². The molecular formula is C18H20ClN3O3S. The summed E-state index contributed by atoms with van der Waals surface area (Å²) in [4.78, 5) is 33.1. The fourth-order valence-electron chi connectivity index (χ4n) is 3.37. The van der Waals surface area contributed by atoms with E-state index in [1.807, 2.05) is 0 Å². The predicted octanol–water partition coefficient (Wildman–Crippen LogP) is 3.44. The predicted molar refractivity (Wildman–Crippen MR) is 101 cm³/mol. The molecule has 2 aromatic heterocycles. The maximum Gasteiger partial charge on any atom is 0.208 e. The van der Waals surface area contributed by atoms with Gasteiger partial charge in [-0.25, -0.2) is 9.97 Å². The van der Waals surface area contributed by atoms with E-state index >= 15 is 0 Å². The maximum atomic E-state index is 12.9. The highest BCUT2D eigenvalue weighted by Gasteiger charge is 2.31. The number of carbonyl (C=O) groups is 2. The zero-order valence-electron chi connectivity index (χ0n) is 14.5. The second-order valence-corrected chi connectivity index (χ2v) is 8.36. The van der Waals surface area contributed by atoms with E-state index in [0.717, 1.165) is 24.2 Å². The van der Waals surface area contributed by atoms with Gasteiger partial charge in [0, 0.05) is 24.4 Å². The molecule has 2 heterocycles. The van der Waals surface area contributed by atoms with Gasteiger partial charge in [0.1, 0.15) is 16.5 Å². The highest BCUT2D eigenvalue weighted by molar-refractivity contribution is 7.18. The molecular weight excluding hydrogens is 374 g/mol. The molecule has 0 radical (unpaired) electrons. The molecule has 0 spiro atoms. The molecule has 8 heteroatoms. The number of Topliss-reactive ketones (excluding diaryl/α,β-unsaturated/α-hetero) is 1. The van der Waals surface area contributed by atoms with Gasteiger partial charge in [-0.3, -0.25) is 9.59 Å². The van der Waals surface area contributed by atoms with Crippen molar-refractivity contribution in [1.29, 1.82) is 0 Å². The Morgan fingerprint density at radius 3 is 2.77 bits per heavy atom. The zero-order valence-corrected chi connectivity index (χ0v) is 16.1. The standard InChI is InChI=1S/C18H20ClN3O3S/c1-9-3-12(4-11(9)7-23)22-18-14(6-20-8-21-18)16(25)15-5-13(10(2)24)17(19)26-15/h5-6,8-9,11-12,23H,3-4,7H2,1-2H3,(H,20,21,22)/t9-,11+,12-/m0/s1. The molecule has 2 aromatic rings. The first kappa shape index (κ1) is 18.9. The van der Waals surface area contributed by atoms with Crippen molar-refractivity contribution in [3.63, 3.8) is 0 Å². The second kappa shape index (κ2) is 7.82. The van der Waals surface area contributed by atoms with Gasteiger partial charge in [0.15, 0.2) is 5.78 Å². The molecule has 0 aromatic carbocycles. The molecule has 6 nitrogen and oxygen atoms in total. The van der Waals surface area contributed by atoms with Crippen LogP contribution in [0.3, 0.4) is 0 Å². The molecule has 1 fully saturated rings. The molecule has 1 aliphatic rings. The number of ketones is 2. The highest BCUT2D eigenvalue weighted by atomic mass is 35.5. The average molecular weight is 394 g/mol. The van der Waals surface area contributed by atoms with Crippen molar-refractivity contribution in [2.45, 2.75) is 32.7 Å². The van der Waals surface area contributed by atoms with Gasteiger partial charge in [-0.15, -0.1) is 11.3 Å². The zero-order chi connectivity index (χ0) is 18.8. The van der Waals surface area contributed by atoms with E-state index in [4.69, 9.17) is 11.6 Å². The van der Waals surface area contributed by atoms with Crippen LogP contribution in [0, 0.1) is 11.8 Å². The SMILES string of the molecule is CC(=O)c1cc(C(=O)c2cncnc2N[C@@H]2C[C@H](CO)[C@@H](C)C2)sc1Cl. The lowest BCUT2D eigenvalue weighted by molar-refractivity contribution is 0.101. The number of anilines is 1. The third-order valence-electron chi connectivity index (χ3n) is 4.87. The van der Waals surface area contributed by atoms with Gasteiger partial charge in [0.2, 0.25) is 5.78 Å². The number of hydrogen-bond donors (Lipinski definition) is 2. The first-order valence-electron chi connectivity index (χ1n) is 8.43. The van der Waals surface area contributed by atoms with Crippen molar-refractivity contribution < 1.29 is 14.7 Å². The number of thiophene rings is 1. The van der Waals surface area contributed by atoms with E-state index < -0.39 is 0 Å². The molecule has 3 rings (SSSR count). The summed E-state index contributed by atoms with van der Waals surface area (Å²) in [7, 11) is 0. The van der Waals surface area contributed by atoms with Crippen LogP contribution in [0.5, 0.6) is 0 Å². The lowest BCUT2D eigenvalue weighted by Crippen LogP contribution is -2.19. The van der Waals surface area contributed by atoms with Crippen LogP contribution in [0.4, 0.5) is 5.82 Å². The summed E-state index contributed by atoms with van der Waals surface area (Å²) in [5.41, 5.74) is 0.697. The van der Waals surface area contributed by atoms with E-state index in [1.54, 1.807) is 0 Å². The van der Waals surface area contributed by atoms with Crippen LogP contribution in [0.1, 0.15) is 52.3 Å². The molecule has 0 bridgehead atoms. The lowest BCUT2D eigenvalue weighted by Gasteiger charge is -2.15. The van der Waals surface area contributed by atoms with Gasteiger partial charge < -0.3 is 10.4 Å². The van der Waals surface area contributed by atoms with Gasteiger partial charge in [0.25, 0.3) is 0 Å². The Morgan fingerprint density at radius 1 is 1.38 bits per heavy atom. The minimum atomic E-state index is -0.266. The van der Waals surface area contributed by atoms with Crippen LogP contribution in [-0.2, 0) is 0 Å². The Balaban J connectivity index is 1.84. The van der Waals surface area contributed by atoms with Crippen molar-refractivity contribution in [2.75, 3.05) is 11.9 Å². The summed E-state index contributed by atoms with van der Waals surface area (Å²) >= 11 is 7.15. The molecule has 3 atom stereocenters. The summed E-state index contributed by atoms with van der Waals surface area (Å²) < 4.78 is 0.308. The number of rotatable bonds is 6. The Bertz CT molecular complexity index is 839. The van der Waals surface area contributed by atoms with E-state index in [9.17, 15) is 14.7 Å². The lowest BCUT2D eigenvalue weighted by atomic mass is 10.00. The minimum Gasteiger partial charge on any atom is -0.396 e. The maximum absolute atomic E-state index is 12.9. The number of aromatic nitrogens is 2. The first-order chi connectivity index (χ1) is 12.4. The number of aliphatic hydroxyl groups is 1. The van der Waals surface area contributed by atoms with Gasteiger partial charge in [-0.2, -0.15) is 0 Å². The minimum absolute atomic E-state index is 0.142. The molecule has 2 N–H and O–H groups in total. The Labute approximate surface area is 160 Å². The molecule has 0 amide bonds. The van der Waals surface area contributed by atoms with E-state index in [0.29, 0.717) is 32.1 Å². The average Bonchev–Trinajstić information content (AvgIpc) is 3.17. The molecule has 26 heavy (non-hydrogen) atoms. The fraction of sp³-hybridized carbons (Fsp3) is 0.444. The number of aliphatic hydroxyl groups excluding tert-OH is 1. The summed E-state index contributed by atoms with van der Waals surface area (Å²) in [5.74, 6) is 0.685. The Kier molecular flexibility index (Phi) is 5.70. The quantitative estimate of drug-likeness (QED) is 0.730. The van der Waals surface area contributed by atoms with Crippen LogP contribution in [-0.4, -0.2) is 39.3 Å². The fourth-order valence-corrected chi connectivity index (χ4v) is 4.69. The van der Waals surface area contributed by atoms with E-state index in [2.05, 4.69) is 22.2 Å². The van der Waals surface area contributed by atoms with Crippen LogP contribution in [0.15, 0.2) is 18.6 Å².